The van der Waals surface area contributed by atoms with Crippen LogP contribution in [0.5, 0.6) is 5.75 Å². The first-order chi connectivity index (χ1) is 9.36. The monoisotopic (exact) mass is 260 g/mol. The summed E-state index contributed by atoms with van der Waals surface area (Å²) in [7, 11) is 2.07. The van der Waals surface area contributed by atoms with E-state index in [0.29, 0.717) is 12.1 Å². The first-order valence-electron chi connectivity index (χ1n) is 7.53. The highest BCUT2D eigenvalue weighted by molar-refractivity contribution is 5.39. The van der Waals surface area contributed by atoms with Crippen LogP contribution in [0, 0.1) is 0 Å². The van der Waals surface area contributed by atoms with E-state index in [2.05, 4.69) is 35.9 Å². The Morgan fingerprint density at radius 3 is 3.16 bits per heavy atom. The van der Waals surface area contributed by atoms with E-state index in [-0.39, 0.29) is 0 Å². The summed E-state index contributed by atoms with van der Waals surface area (Å²) in [6.45, 7) is 2.05. The number of hydrogen-bond donors (Lipinski definition) is 2. The Bertz CT molecular complexity index is 427. The zero-order valence-corrected chi connectivity index (χ0v) is 11.7. The second-order valence-corrected chi connectivity index (χ2v) is 5.69. The molecule has 0 amide bonds. The Balaban J connectivity index is 1.74. The maximum atomic E-state index is 5.69. The van der Waals surface area contributed by atoms with Gasteiger partial charge in [0, 0.05) is 12.1 Å². The molecule has 3 rings (SSSR count). The second-order valence-electron chi connectivity index (χ2n) is 5.69. The first-order valence-corrected chi connectivity index (χ1v) is 7.53. The van der Waals surface area contributed by atoms with Crippen molar-refractivity contribution < 1.29 is 4.74 Å². The summed E-state index contributed by atoms with van der Waals surface area (Å²) in [5, 5.41) is 7.06. The standard InChI is InChI=1S/C16H24N2O/c1-17-15(11-14-5-2-8-18-14)12-6-7-16-13(10-12)4-3-9-19-16/h6-7,10,14-15,17-18H,2-5,8-9,11H2,1H3. The van der Waals surface area contributed by atoms with Crippen molar-refractivity contribution in [1.82, 2.24) is 10.6 Å². The van der Waals surface area contributed by atoms with Crippen LogP contribution >= 0.6 is 0 Å². The van der Waals surface area contributed by atoms with Gasteiger partial charge in [-0.1, -0.05) is 12.1 Å². The molecule has 2 unspecified atom stereocenters. The highest BCUT2D eigenvalue weighted by Crippen LogP contribution is 2.29. The van der Waals surface area contributed by atoms with E-state index < -0.39 is 0 Å². The molecule has 0 bridgehead atoms. The van der Waals surface area contributed by atoms with Crippen molar-refractivity contribution in [2.75, 3.05) is 20.2 Å². The van der Waals surface area contributed by atoms with Gasteiger partial charge < -0.3 is 15.4 Å². The van der Waals surface area contributed by atoms with Crippen LogP contribution in [-0.2, 0) is 6.42 Å². The zero-order chi connectivity index (χ0) is 13.1. The number of ether oxygens (including phenoxy) is 1. The summed E-state index contributed by atoms with van der Waals surface area (Å²) in [6.07, 6.45) is 6.10. The molecule has 2 aliphatic rings. The number of nitrogens with one attached hydrogen (secondary N) is 2. The molecular weight excluding hydrogens is 236 g/mol. The molecular formula is C16H24N2O. The summed E-state index contributed by atoms with van der Waals surface area (Å²) in [5.74, 6) is 1.09. The second kappa shape index (κ2) is 5.93. The predicted molar refractivity (Wildman–Crippen MR) is 77.7 cm³/mol. The van der Waals surface area contributed by atoms with Crippen molar-refractivity contribution in [2.24, 2.45) is 0 Å². The molecule has 3 heteroatoms. The molecule has 19 heavy (non-hydrogen) atoms. The third kappa shape index (κ3) is 2.93. The largest absolute Gasteiger partial charge is 0.493 e. The lowest BCUT2D eigenvalue weighted by Crippen LogP contribution is -2.28. The van der Waals surface area contributed by atoms with Crippen molar-refractivity contribution >= 4 is 0 Å². The average molecular weight is 260 g/mol. The van der Waals surface area contributed by atoms with Gasteiger partial charge in [-0.05, 0) is 62.9 Å². The van der Waals surface area contributed by atoms with Gasteiger partial charge in [0.1, 0.15) is 5.75 Å². The van der Waals surface area contributed by atoms with E-state index in [1.807, 2.05) is 0 Å². The van der Waals surface area contributed by atoms with Gasteiger partial charge in [-0.3, -0.25) is 0 Å². The van der Waals surface area contributed by atoms with Crippen molar-refractivity contribution in [3.05, 3.63) is 29.3 Å². The molecule has 104 valence electrons. The summed E-state index contributed by atoms with van der Waals surface area (Å²) < 4.78 is 5.69. The lowest BCUT2D eigenvalue weighted by Gasteiger charge is -2.23. The molecule has 2 N–H and O–H groups in total. The molecule has 1 fully saturated rings. The number of fused-ring (bicyclic) bond motifs is 1. The van der Waals surface area contributed by atoms with Gasteiger partial charge in [0.2, 0.25) is 0 Å². The lowest BCUT2D eigenvalue weighted by molar-refractivity contribution is 0.288. The van der Waals surface area contributed by atoms with Crippen LogP contribution in [0.1, 0.15) is 42.9 Å². The van der Waals surface area contributed by atoms with Gasteiger partial charge in [-0.15, -0.1) is 0 Å². The van der Waals surface area contributed by atoms with E-state index in [9.17, 15) is 0 Å². The van der Waals surface area contributed by atoms with Gasteiger partial charge in [-0.25, -0.2) is 0 Å². The van der Waals surface area contributed by atoms with Gasteiger partial charge in [0.05, 0.1) is 6.61 Å². The van der Waals surface area contributed by atoms with Crippen molar-refractivity contribution in [1.29, 1.82) is 0 Å². The van der Waals surface area contributed by atoms with Crippen molar-refractivity contribution in [3.63, 3.8) is 0 Å². The van der Waals surface area contributed by atoms with E-state index in [1.54, 1.807) is 0 Å². The molecule has 1 aromatic rings. The average Bonchev–Trinajstić information content (AvgIpc) is 2.97. The first kappa shape index (κ1) is 12.9. The van der Waals surface area contributed by atoms with Crippen LogP contribution in [0.25, 0.3) is 0 Å². The van der Waals surface area contributed by atoms with Gasteiger partial charge in [-0.2, -0.15) is 0 Å². The molecule has 1 saturated heterocycles. The van der Waals surface area contributed by atoms with Crippen LogP contribution in [0.4, 0.5) is 0 Å². The fraction of sp³-hybridized carbons (Fsp3) is 0.625. The third-order valence-corrected chi connectivity index (χ3v) is 4.37. The normalized spacial score (nSPS) is 23.7. The maximum Gasteiger partial charge on any atom is 0.122 e. The summed E-state index contributed by atoms with van der Waals surface area (Å²) in [5.41, 5.74) is 2.78. The number of rotatable bonds is 4. The summed E-state index contributed by atoms with van der Waals surface area (Å²) >= 11 is 0. The number of hydrogen-bond acceptors (Lipinski definition) is 3. The molecule has 0 aromatic heterocycles. The minimum atomic E-state index is 0.447. The minimum absolute atomic E-state index is 0.447. The zero-order valence-electron chi connectivity index (χ0n) is 11.7. The Kier molecular flexibility index (Phi) is 4.04. The van der Waals surface area contributed by atoms with Crippen LogP contribution in [0.3, 0.4) is 0 Å². The van der Waals surface area contributed by atoms with E-state index >= 15 is 0 Å². The van der Waals surface area contributed by atoms with Crippen LogP contribution in [0.2, 0.25) is 0 Å². The fourth-order valence-corrected chi connectivity index (χ4v) is 3.26. The van der Waals surface area contributed by atoms with Crippen LogP contribution in [0.15, 0.2) is 18.2 Å². The Labute approximate surface area is 115 Å². The molecule has 1 aromatic carbocycles. The molecule has 2 atom stereocenters. The van der Waals surface area contributed by atoms with Crippen LogP contribution in [-0.4, -0.2) is 26.2 Å². The number of aryl methyl sites for hydroxylation is 1. The minimum Gasteiger partial charge on any atom is -0.493 e. The summed E-state index contributed by atoms with van der Waals surface area (Å²) in [4.78, 5) is 0. The molecule has 0 spiro atoms. The lowest BCUT2D eigenvalue weighted by atomic mass is 9.95. The van der Waals surface area contributed by atoms with Crippen molar-refractivity contribution in [3.8, 4) is 5.75 Å². The van der Waals surface area contributed by atoms with Crippen molar-refractivity contribution in [2.45, 2.75) is 44.2 Å². The summed E-state index contributed by atoms with van der Waals surface area (Å²) in [6, 6.07) is 7.83. The van der Waals surface area contributed by atoms with E-state index in [4.69, 9.17) is 4.74 Å². The molecule has 0 radical (unpaired) electrons. The highest BCUT2D eigenvalue weighted by Gasteiger charge is 2.21. The Morgan fingerprint density at radius 1 is 1.42 bits per heavy atom. The molecule has 0 aliphatic carbocycles. The molecule has 0 saturated carbocycles. The van der Waals surface area contributed by atoms with E-state index in [1.165, 1.54) is 36.9 Å². The topological polar surface area (TPSA) is 33.3 Å². The Morgan fingerprint density at radius 2 is 2.37 bits per heavy atom. The SMILES string of the molecule is CNC(CC1CCCN1)c1ccc2c(c1)CCCO2. The van der Waals surface area contributed by atoms with Gasteiger partial charge in [0.15, 0.2) is 0 Å². The third-order valence-electron chi connectivity index (χ3n) is 4.37. The van der Waals surface area contributed by atoms with Gasteiger partial charge >= 0.3 is 0 Å². The maximum absolute atomic E-state index is 5.69. The molecule has 2 aliphatic heterocycles. The van der Waals surface area contributed by atoms with E-state index in [0.717, 1.165) is 25.2 Å². The fourth-order valence-electron chi connectivity index (χ4n) is 3.26. The quantitative estimate of drug-likeness (QED) is 0.872. The molecule has 3 nitrogen and oxygen atoms in total. The predicted octanol–water partition coefficient (Wildman–Crippen LogP) is 2.41. The van der Waals surface area contributed by atoms with Gasteiger partial charge in [0.25, 0.3) is 0 Å². The highest BCUT2D eigenvalue weighted by atomic mass is 16.5. The number of benzene rings is 1. The Hall–Kier alpha value is -1.06. The molecule has 2 heterocycles. The van der Waals surface area contributed by atoms with Crippen LogP contribution < -0.4 is 15.4 Å². The smallest absolute Gasteiger partial charge is 0.122 e.